The number of hydrogen-bond acceptors (Lipinski definition) is 6. The zero-order valence-corrected chi connectivity index (χ0v) is 17.7. The minimum absolute atomic E-state index is 0.261. The van der Waals surface area contributed by atoms with E-state index in [1.54, 1.807) is 16.4 Å². The van der Waals surface area contributed by atoms with Crippen LogP contribution in [0.15, 0.2) is 69.2 Å². The fourth-order valence-electron chi connectivity index (χ4n) is 3.30. The van der Waals surface area contributed by atoms with Crippen LogP contribution in [0, 0.1) is 0 Å². The van der Waals surface area contributed by atoms with Gasteiger partial charge in [-0.25, -0.2) is 13.4 Å². The van der Waals surface area contributed by atoms with Crippen molar-refractivity contribution >= 4 is 21.8 Å². The highest BCUT2D eigenvalue weighted by molar-refractivity contribution is 7.98. The maximum absolute atomic E-state index is 12.8. The zero-order chi connectivity index (χ0) is 20.1. The molecule has 0 unspecified atom stereocenters. The Morgan fingerprint density at radius 1 is 1.00 bits per heavy atom. The number of aromatic nitrogens is 2. The maximum atomic E-state index is 12.8. The van der Waals surface area contributed by atoms with Crippen LogP contribution >= 0.6 is 11.8 Å². The zero-order valence-electron chi connectivity index (χ0n) is 16.0. The first-order valence-electron chi connectivity index (χ1n) is 9.73. The van der Waals surface area contributed by atoms with E-state index in [1.165, 1.54) is 18.0 Å². The van der Waals surface area contributed by atoms with Crippen molar-refractivity contribution in [3.8, 4) is 11.3 Å². The molecule has 2 aromatic heterocycles. The van der Waals surface area contributed by atoms with Crippen LogP contribution in [0.2, 0.25) is 0 Å². The molecular weight excluding hydrogens is 406 g/mol. The molecule has 0 saturated carbocycles. The van der Waals surface area contributed by atoms with Gasteiger partial charge in [0.1, 0.15) is 4.90 Å². The number of thioether (sulfide) groups is 1. The van der Waals surface area contributed by atoms with E-state index in [-0.39, 0.29) is 4.90 Å². The molecule has 1 aliphatic heterocycles. The lowest BCUT2D eigenvalue weighted by Crippen LogP contribution is -2.32. The number of nitrogens with zero attached hydrogens (tertiary/aromatic N) is 3. The molecule has 1 fully saturated rings. The number of sulfonamides is 1. The van der Waals surface area contributed by atoms with Gasteiger partial charge in [-0.1, -0.05) is 60.1 Å². The number of hydrogen-bond donors (Lipinski definition) is 0. The van der Waals surface area contributed by atoms with Gasteiger partial charge in [0.05, 0.1) is 10.7 Å². The highest BCUT2D eigenvalue weighted by Gasteiger charge is 2.25. The van der Waals surface area contributed by atoms with Gasteiger partial charge in [-0.15, -0.1) is 0 Å². The molecule has 8 heteroatoms. The third-order valence-electron chi connectivity index (χ3n) is 4.90. The van der Waals surface area contributed by atoms with E-state index in [1.807, 2.05) is 36.4 Å². The molecule has 4 rings (SSSR count). The molecule has 0 bridgehead atoms. The summed E-state index contributed by atoms with van der Waals surface area (Å²) in [5.74, 6) is 1.33. The van der Waals surface area contributed by atoms with Gasteiger partial charge in [0.25, 0.3) is 0 Å². The van der Waals surface area contributed by atoms with Gasteiger partial charge in [-0.3, -0.25) is 0 Å². The molecule has 1 saturated heterocycles. The highest BCUT2D eigenvalue weighted by atomic mass is 32.2. The van der Waals surface area contributed by atoms with Gasteiger partial charge in [0, 0.05) is 36.7 Å². The fraction of sp³-hybridized carbons (Fsp3) is 0.333. The van der Waals surface area contributed by atoms with Crippen molar-refractivity contribution in [2.24, 2.45) is 0 Å². The van der Waals surface area contributed by atoms with Gasteiger partial charge >= 0.3 is 0 Å². The van der Waals surface area contributed by atoms with Crippen LogP contribution in [-0.2, 0) is 15.8 Å². The first-order valence-corrected chi connectivity index (χ1v) is 12.2. The highest BCUT2D eigenvalue weighted by Crippen LogP contribution is 2.26. The van der Waals surface area contributed by atoms with Crippen molar-refractivity contribution in [1.82, 2.24) is 14.4 Å². The van der Waals surface area contributed by atoms with Gasteiger partial charge in [-0.05, 0) is 25.0 Å². The second-order valence-electron chi connectivity index (χ2n) is 6.99. The van der Waals surface area contributed by atoms with E-state index in [9.17, 15) is 8.42 Å². The van der Waals surface area contributed by atoms with Crippen LogP contribution in [0.3, 0.4) is 0 Å². The Bertz CT molecular complexity index is 1030. The Labute approximate surface area is 175 Å². The van der Waals surface area contributed by atoms with Crippen molar-refractivity contribution in [3.63, 3.8) is 0 Å². The molecule has 3 aromatic rings. The van der Waals surface area contributed by atoms with Crippen molar-refractivity contribution in [2.45, 2.75) is 41.4 Å². The van der Waals surface area contributed by atoms with Crippen LogP contribution in [-0.4, -0.2) is 36.0 Å². The molecule has 1 aromatic carbocycles. The SMILES string of the molecule is O=S(=O)(c1ccc(SCc2cc(-c3ccccc3)on2)nc1)N1CCCCCC1. The summed E-state index contributed by atoms with van der Waals surface area (Å²) in [7, 11) is -3.46. The maximum Gasteiger partial charge on any atom is 0.244 e. The predicted octanol–water partition coefficient (Wildman–Crippen LogP) is 4.59. The summed E-state index contributed by atoms with van der Waals surface area (Å²) in [5, 5.41) is 4.86. The van der Waals surface area contributed by atoms with Gasteiger partial charge < -0.3 is 4.52 Å². The Hall–Kier alpha value is -2.16. The Kier molecular flexibility index (Phi) is 6.32. The molecule has 0 amide bonds. The molecule has 0 radical (unpaired) electrons. The third-order valence-corrected chi connectivity index (χ3v) is 7.76. The molecule has 3 heterocycles. The first kappa shape index (κ1) is 20.1. The second kappa shape index (κ2) is 9.11. The van der Waals surface area contributed by atoms with E-state index >= 15 is 0 Å². The average molecular weight is 430 g/mol. The predicted molar refractivity (Wildman–Crippen MR) is 113 cm³/mol. The van der Waals surface area contributed by atoms with E-state index in [0.29, 0.717) is 18.8 Å². The van der Waals surface area contributed by atoms with Crippen molar-refractivity contribution < 1.29 is 12.9 Å². The quantitative estimate of drug-likeness (QED) is 0.533. The van der Waals surface area contributed by atoms with Crippen LogP contribution in [0.25, 0.3) is 11.3 Å². The average Bonchev–Trinajstić information content (AvgIpc) is 3.05. The molecule has 152 valence electrons. The van der Waals surface area contributed by atoms with E-state index < -0.39 is 10.0 Å². The lowest BCUT2D eigenvalue weighted by molar-refractivity contribution is 0.423. The molecular formula is C21H23N3O3S2. The molecule has 0 aliphatic carbocycles. The van der Waals surface area contributed by atoms with Crippen LogP contribution in [0.5, 0.6) is 0 Å². The minimum atomic E-state index is -3.46. The van der Waals surface area contributed by atoms with Crippen LogP contribution in [0.4, 0.5) is 0 Å². The van der Waals surface area contributed by atoms with Crippen molar-refractivity contribution in [1.29, 1.82) is 0 Å². The van der Waals surface area contributed by atoms with E-state index in [4.69, 9.17) is 4.52 Å². The smallest absolute Gasteiger partial charge is 0.244 e. The first-order chi connectivity index (χ1) is 14.1. The van der Waals surface area contributed by atoms with E-state index in [2.05, 4.69) is 10.1 Å². The summed E-state index contributed by atoms with van der Waals surface area (Å²) >= 11 is 1.50. The molecule has 29 heavy (non-hydrogen) atoms. The third kappa shape index (κ3) is 4.88. The Morgan fingerprint density at radius 2 is 1.76 bits per heavy atom. The normalized spacial score (nSPS) is 15.9. The monoisotopic (exact) mass is 429 g/mol. The van der Waals surface area contributed by atoms with Gasteiger partial charge in [0.2, 0.25) is 10.0 Å². The summed E-state index contributed by atoms with van der Waals surface area (Å²) in [6.45, 7) is 1.18. The molecule has 0 spiro atoms. The summed E-state index contributed by atoms with van der Waals surface area (Å²) in [6, 6.07) is 15.1. The lowest BCUT2D eigenvalue weighted by atomic mass is 10.2. The van der Waals surface area contributed by atoms with E-state index in [0.717, 1.165) is 47.7 Å². The topological polar surface area (TPSA) is 76.3 Å². The largest absolute Gasteiger partial charge is 0.356 e. The van der Waals surface area contributed by atoms with Crippen molar-refractivity contribution in [2.75, 3.05) is 13.1 Å². The molecule has 6 nitrogen and oxygen atoms in total. The Morgan fingerprint density at radius 3 is 2.45 bits per heavy atom. The Balaban J connectivity index is 1.39. The van der Waals surface area contributed by atoms with Crippen LogP contribution < -0.4 is 0 Å². The molecule has 0 N–H and O–H groups in total. The summed E-state index contributed by atoms with van der Waals surface area (Å²) in [4.78, 5) is 4.60. The second-order valence-corrected chi connectivity index (χ2v) is 9.92. The fourth-order valence-corrected chi connectivity index (χ4v) is 5.49. The van der Waals surface area contributed by atoms with Crippen LogP contribution in [0.1, 0.15) is 31.4 Å². The number of pyridine rings is 1. The van der Waals surface area contributed by atoms with Gasteiger partial charge in [-0.2, -0.15) is 4.31 Å². The lowest BCUT2D eigenvalue weighted by Gasteiger charge is -2.19. The molecule has 0 atom stereocenters. The van der Waals surface area contributed by atoms with Gasteiger partial charge in [0.15, 0.2) is 5.76 Å². The minimum Gasteiger partial charge on any atom is -0.356 e. The molecule has 1 aliphatic rings. The summed E-state index contributed by atoms with van der Waals surface area (Å²) < 4.78 is 32.6. The summed E-state index contributed by atoms with van der Waals surface area (Å²) in [5.41, 5.74) is 1.80. The number of rotatable bonds is 6. The van der Waals surface area contributed by atoms with Crippen molar-refractivity contribution in [3.05, 3.63) is 60.4 Å². The number of benzene rings is 1. The standard InChI is InChI=1S/C21H23N3O3S2/c25-29(26,24-12-6-1-2-7-13-24)19-10-11-21(22-15-19)28-16-18-14-20(27-23-18)17-8-4-3-5-9-17/h3-5,8-11,14-15H,1-2,6-7,12-13,16H2. The summed E-state index contributed by atoms with van der Waals surface area (Å²) in [6.07, 6.45) is 5.48.